The Morgan fingerprint density at radius 2 is 1.44 bits per heavy atom. The lowest BCUT2D eigenvalue weighted by atomic mass is 9.74. The number of ketones is 1. The van der Waals surface area contributed by atoms with Crippen LogP contribution < -0.4 is 4.90 Å². The molecule has 6 aromatic rings. The summed E-state index contributed by atoms with van der Waals surface area (Å²) in [5.41, 5.74) is -2.30. The van der Waals surface area contributed by atoms with Gasteiger partial charge in [-0.3, -0.25) is 4.79 Å². The molecule has 0 N–H and O–H groups in total. The van der Waals surface area contributed by atoms with Gasteiger partial charge >= 0.3 is 12.4 Å². The SMILES string of the molecule is CC1(C)c2cc(-c3ccc(C(F)(F)F)cc3C(F)(F)F)ccc2N(c2ccc(F)c3ccccc23)c2sc(/C=C3\C(=O)c4ccc(Cl)cc4S3(=O)=O)cc21. The number of halogens is 8. The number of hydrogen-bond donors (Lipinski definition) is 0. The maximum Gasteiger partial charge on any atom is 0.417 e. The molecule has 0 unspecified atom stereocenters. The fourth-order valence-electron chi connectivity index (χ4n) is 7.18. The second-order valence-corrected chi connectivity index (χ2v) is 16.8. The molecular formula is C40H23ClF7NO3S2. The number of sulfone groups is 1. The molecule has 0 saturated heterocycles. The Kier molecular flexibility index (Phi) is 8.01. The number of anilines is 3. The molecular weight excluding hydrogens is 775 g/mol. The van der Waals surface area contributed by atoms with Crippen LogP contribution in [0, 0.1) is 5.82 Å². The zero-order valence-electron chi connectivity index (χ0n) is 27.8. The highest BCUT2D eigenvalue weighted by atomic mass is 35.5. The number of Topliss-reactive ketones (excluding diaryl/α,β-unsaturated/α-hetero) is 1. The maximum atomic E-state index is 15.1. The van der Waals surface area contributed by atoms with Gasteiger partial charge in [0, 0.05) is 31.7 Å². The van der Waals surface area contributed by atoms with Gasteiger partial charge < -0.3 is 4.90 Å². The van der Waals surface area contributed by atoms with Gasteiger partial charge in [-0.2, -0.15) is 26.3 Å². The molecule has 8 rings (SSSR count). The van der Waals surface area contributed by atoms with E-state index in [0.29, 0.717) is 43.8 Å². The Hall–Kier alpha value is -4.98. The average Bonchev–Trinajstić information content (AvgIpc) is 3.62. The number of hydrogen-bond acceptors (Lipinski definition) is 5. The van der Waals surface area contributed by atoms with Crippen LogP contribution in [0.1, 0.15) is 51.3 Å². The number of alkyl halides is 6. The summed E-state index contributed by atoms with van der Waals surface area (Å²) in [4.78, 5) is 14.9. The van der Waals surface area contributed by atoms with Crippen LogP contribution in [-0.2, 0) is 27.6 Å². The molecule has 0 atom stereocenters. The third kappa shape index (κ3) is 5.54. The average molecular weight is 798 g/mol. The van der Waals surface area contributed by atoms with E-state index in [-0.39, 0.29) is 32.5 Å². The first kappa shape index (κ1) is 36.0. The second-order valence-electron chi connectivity index (χ2n) is 13.4. The summed E-state index contributed by atoms with van der Waals surface area (Å²) in [5, 5.41) is 1.49. The molecule has 0 aliphatic carbocycles. The predicted octanol–water partition coefficient (Wildman–Crippen LogP) is 12.5. The molecule has 14 heteroatoms. The number of carbonyl (C=O) groups is 1. The van der Waals surface area contributed by atoms with Crippen molar-refractivity contribution in [2.45, 2.75) is 36.5 Å². The van der Waals surface area contributed by atoms with Crippen LogP contribution >= 0.6 is 22.9 Å². The minimum atomic E-state index is -5.12. The maximum absolute atomic E-state index is 15.1. The Morgan fingerprint density at radius 3 is 2.15 bits per heavy atom. The second kappa shape index (κ2) is 12.0. The van der Waals surface area contributed by atoms with Crippen molar-refractivity contribution in [2.75, 3.05) is 4.90 Å². The van der Waals surface area contributed by atoms with E-state index in [1.54, 1.807) is 47.4 Å². The molecule has 0 saturated carbocycles. The highest BCUT2D eigenvalue weighted by Crippen LogP contribution is 2.57. The first-order valence-electron chi connectivity index (χ1n) is 16.1. The summed E-state index contributed by atoms with van der Waals surface area (Å²) >= 11 is 7.22. The summed E-state index contributed by atoms with van der Waals surface area (Å²) in [6, 6.07) is 21.2. The lowest BCUT2D eigenvalue weighted by Gasteiger charge is -2.40. The summed E-state index contributed by atoms with van der Waals surface area (Å²) in [7, 11) is -4.25. The van der Waals surface area contributed by atoms with E-state index in [1.807, 2.05) is 13.8 Å². The van der Waals surface area contributed by atoms with E-state index in [9.17, 15) is 39.6 Å². The van der Waals surface area contributed by atoms with Crippen molar-refractivity contribution >= 4 is 71.8 Å². The molecule has 3 heterocycles. The quantitative estimate of drug-likeness (QED) is 0.132. The molecule has 2 aliphatic heterocycles. The van der Waals surface area contributed by atoms with E-state index in [4.69, 9.17) is 11.6 Å². The van der Waals surface area contributed by atoms with E-state index in [0.717, 1.165) is 17.4 Å². The van der Waals surface area contributed by atoms with E-state index < -0.39 is 60.8 Å². The molecule has 0 fully saturated rings. The smallest absolute Gasteiger partial charge is 0.301 e. The standard InChI is InChI=1S/C40H23ClF7NO3S2/c1-38(2)29-15-20(24-10-8-21(39(43,44)45)16-28(24)40(46,47)48)7-13-33(29)49(32-14-12-31(42)25-5-3-4-6-26(25)32)37-30(38)18-23(53-37)19-35-36(50)27-11-9-22(41)17-34(27)54(35,51)52/h3-19H,1-2H3/b35-19+. The van der Waals surface area contributed by atoms with Crippen LogP contribution in [0.25, 0.3) is 28.0 Å². The molecule has 0 radical (unpaired) electrons. The van der Waals surface area contributed by atoms with Gasteiger partial charge in [-0.05, 0) is 89.0 Å². The summed E-state index contributed by atoms with van der Waals surface area (Å²) in [6.07, 6.45) is -8.85. The van der Waals surface area contributed by atoms with Crippen molar-refractivity contribution in [3.8, 4) is 11.1 Å². The molecule has 1 aromatic heterocycles. The number of carbonyl (C=O) groups excluding carboxylic acids is 1. The van der Waals surface area contributed by atoms with Gasteiger partial charge in [0.25, 0.3) is 0 Å². The van der Waals surface area contributed by atoms with Gasteiger partial charge in [-0.15, -0.1) is 11.3 Å². The number of allylic oxidation sites excluding steroid dienone is 1. The molecule has 2 aliphatic rings. The minimum absolute atomic E-state index is 0.00637. The number of thiophene rings is 1. The molecule has 274 valence electrons. The lowest BCUT2D eigenvalue weighted by molar-refractivity contribution is -0.142. The van der Waals surface area contributed by atoms with Crippen molar-refractivity contribution in [3.63, 3.8) is 0 Å². The third-order valence-electron chi connectivity index (χ3n) is 9.84. The van der Waals surface area contributed by atoms with Crippen LogP contribution in [0.5, 0.6) is 0 Å². The summed E-state index contributed by atoms with van der Waals surface area (Å²) in [6.45, 7) is 3.62. The minimum Gasteiger partial charge on any atom is -0.301 e. The van der Waals surface area contributed by atoms with Crippen molar-refractivity contribution in [1.82, 2.24) is 0 Å². The zero-order chi connectivity index (χ0) is 38.7. The normalized spacial score (nSPS) is 16.8. The number of fused-ring (bicyclic) bond motifs is 4. The number of nitrogens with zero attached hydrogens (tertiary/aromatic N) is 1. The number of rotatable bonds is 3. The van der Waals surface area contributed by atoms with Crippen molar-refractivity contribution in [3.05, 3.63) is 146 Å². The van der Waals surface area contributed by atoms with Crippen LogP contribution in [0.2, 0.25) is 5.02 Å². The van der Waals surface area contributed by atoms with Gasteiger partial charge in [0.1, 0.15) is 15.7 Å². The lowest BCUT2D eigenvalue weighted by Crippen LogP contribution is -2.29. The van der Waals surface area contributed by atoms with Crippen LogP contribution in [0.15, 0.2) is 107 Å². The first-order valence-corrected chi connectivity index (χ1v) is 18.8. The highest BCUT2D eigenvalue weighted by Gasteiger charge is 2.43. The summed E-state index contributed by atoms with van der Waals surface area (Å²) < 4.78 is 126. The van der Waals surface area contributed by atoms with E-state index in [1.165, 1.54) is 42.5 Å². The predicted molar refractivity (Wildman–Crippen MR) is 195 cm³/mol. The van der Waals surface area contributed by atoms with Crippen LogP contribution in [0.3, 0.4) is 0 Å². The fourth-order valence-corrected chi connectivity index (χ4v) is 10.4. The fraction of sp³-hybridized carbons (Fsp3) is 0.125. The Morgan fingerprint density at radius 1 is 0.759 bits per heavy atom. The van der Waals surface area contributed by atoms with Gasteiger partial charge in [0.05, 0.1) is 27.4 Å². The van der Waals surface area contributed by atoms with Crippen molar-refractivity contribution in [1.29, 1.82) is 0 Å². The van der Waals surface area contributed by atoms with Gasteiger partial charge in [0.15, 0.2) is 0 Å². The molecule has 0 spiro atoms. The highest BCUT2D eigenvalue weighted by molar-refractivity contribution is 7.97. The molecule has 0 bridgehead atoms. The molecule has 4 nitrogen and oxygen atoms in total. The zero-order valence-corrected chi connectivity index (χ0v) is 30.2. The van der Waals surface area contributed by atoms with E-state index in [2.05, 4.69) is 0 Å². The molecule has 54 heavy (non-hydrogen) atoms. The van der Waals surface area contributed by atoms with Crippen molar-refractivity contribution in [2.24, 2.45) is 0 Å². The largest absolute Gasteiger partial charge is 0.417 e. The van der Waals surface area contributed by atoms with E-state index >= 15 is 4.39 Å². The molecule has 5 aromatic carbocycles. The third-order valence-corrected chi connectivity index (χ3v) is 12.9. The Bertz CT molecular complexity index is 2750. The first-order chi connectivity index (χ1) is 25.3. The Balaban J connectivity index is 1.36. The van der Waals surface area contributed by atoms with Crippen LogP contribution in [0.4, 0.5) is 47.1 Å². The van der Waals surface area contributed by atoms with Gasteiger partial charge in [0.2, 0.25) is 15.6 Å². The monoisotopic (exact) mass is 797 g/mol. The van der Waals surface area contributed by atoms with Crippen LogP contribution in [-0.4, -0.2) is 14.2 Å². The summed E-state index contributed by atoms with van der Waals surface area (Å²) in [5.74, 6) is -1.20. The molecule has 0 amide bonds. The van der Waals surface area contributed by atoms with Gasteiger partial charge in [-0.25, -0.2) is 12.8 Å². The van der Waals surface area contributed by atoms with Crippen molar-refractivity contribution < 1.29 is 43.9 Å². The Labute approximate surface area is 312 Å². The topological polar surface area (TPSA) is 54.5 Å². The van der Waals surface area contributed by atoms with Gasteiger partial charge in [-0.1, -0.05) is 61.8 Å². The number of benzene rings is 5.